The molecule has 0 N–H and O–H groups in total. The molecule has 4 rings (SSSR count). The predicted octanol–water partition coefficient (Wildman–Crippen LogP) is 6.16. The number of benzene rings is 2. The number of anilines is 1. The van der Waals surface area contributed by atoms with Gasteiger partial charge in [-0.25, -0.2) is 4.98 Å². The molecule has 0 unspecified atom stereocenters. The lowest BCUT2D eigenvalue weighted by Crippen LogP contribution is -2.36. The molecule has 0 amide bonds. The highest BCUT2D eigenvalue weighted by Gasteiger charge is 2.13. The Hall–Kier alpha value is -1.73. The van der Waals surface area contributed by atoms with E-state index in [2.05, 4.69) is 32.2 Å². The quantitative estimate of drug-likeness (QED) is 0.489. The smallest absolute Gasteiger partial charge is 0.231 e. The van der Waals surface area contributed by atoms with E-state index in [1.54, 1.807) is 6.07 Å². The summed E-state index contributed by atoms with van der Waals surface area (Å²) in [6.45, 7) is 5.40. The van der Waals surface area contributed by atoms with Crippen LogP contribution in [0.4, 0.5) is 16.5 Å². The fourth-order valence-electron chi connectivity index (χ4n) is 2.83. The molecule has 0 saturated carbocycles. The van der Waals surface area contributed by atoms with Crippen molar-refractivity contribution in [3.05, 3.63) is 45.9 Å². The van der Waals surface area contributed by atoms with E-state index in [0.29, 0.717) is 15.2 Å². The van der Waals surface area contributed by atoms with E-state index in [1.807, 2.05) is 19.1 Å². The minimum absolute atomic E-state index is 0.508. The lowest BCUT2D eigenvalue weighted by Gasteiger charge is -2.29. The minimum atomic E-state index is 0.508. The molecule has 0 atom stereocenters. The Labute approximate surface area is 165 Å². The third-order valence-electron chi connectivity index (χ3n) is 4.24. The average molecular weight is 407 g/mol. The van der Waals surface area contributed by atoms with Crippen LogP contribution in [-0.2, 0) is 4.74 Å². The number of hydrogen-bond donors (Lipinski definition) is 0. The SMILES string of the molecule is Cc1cc(N2CCOCC2)ccc1N=Nc1nc2ccc(Cl)c(Cl)c2s1. The van der Waals surface area contributed by atoms with Crippen molar-refractivity contribution in [2.75, 3.05) is 31.2 Å². The van der Waals surface area contributed by atoms with Crippen LogP contribution in [0.1, 0.15) is 5.56 Å². The van der Waals surface area contributed by atoms with Gasteiger partial charge in [-0.1, -0.05) is 34.5 Å². The summed E-state index contributed by atoms with van der Waals surface area (Å²) in [6, 6.07) is 9.76. The van der Waals surface area contributed by atoms with Gasteiger partial charge in [-0.2, -0.15) is 0 Å². The van der Waals surface area contributed by atoms with Crippen molar-refractivity contribution < 1.29 is 4.74 Å². The Bertz CT molecular complexity index is 983. The van der Waals surface area contributed by atoms with Crippen LogP contribution < -0.4 is 4.90 Å². The molecule has 2 heterocycles. The molecule has 0 radical (unpaired) electrons. The molecule has 1 aliphatic heterocycles. The van der Waals surface area contributed by atoms with E-state index in [-0.39, 0.29) is 0 Å². The van der Waals surface area contributed by atoms with E-state index in [0.717, 1.165) is 47.8 Å². The number of fused-ring (bicyclic) bond motifs is 1. The number of hydrogen-bond acceptors (Lipinski definition) is 6. The molecule has 8 heteroatoms. The number of morpholine rings is 1. The number of azo groups is 1. The van der Waals surface area contributed by atoms with Crippen LogP contribution in [0.15, 0.2) is 40.6 Å². The third kappa shape index (κ3) is 3.55. The number of ether oxygens (including phenoxy) is 1. The van der Waals surface area contributed by atoms with Crippen LogP contribution >= 0.6 is 34.5 Å². The number of rotatable bonds is 3. The molecule has 2 aromatic carbocycles. The summed E-state index contributed by atoms with van der Waals surface area (Å²) in [6.07, 6.45) is 0. The molecule has 3 aromatic rings. The van der Waals surface area contributed by atoms with Crippen LogP contribution in [0.5, 0.6) is 0 Å². The number of aryl methyl sites for hydroxylation is 1. The predicted molar refractivity (Wildman–Crippen MR) is 108 cm³/mol. The minimum Gasteiger partial charge on any atom is -0.378 e. The first kappa shape index (κ1) is 17.7. The largest absolute Gasteiger partial charge is 0.378 e. The van der Waals surface area contributed by atoms with Gasteiger partial charge in [0, 0.05) is 18.8 Å². The summed E-state index contributed by atoms with van der Waals surface area (Å²) < 4.78 is 6.23. The number of halogens is 2. The van der Waals surface area contributed by atoms with Crippen LogP contribution in [0, 0.1) is 6.92 Å². The first-order chi connectivity index (χ1) is 12.6. The zero-order chi connectivity index (χ0) is 18.1. The maximum absolute atomic E-state index is 6.23. The Morgan fingerprint density at radius 3 is 2.69 bits per heavy atom. The van der Waals surface area contributed by atoms with Gasteiger partial charge in [0.05, 0.1) is 39.2 Å². The van der Waals surface area contributed by atoms with Crippen LogP contribution in [0.3, 0.4) is 0 Å². The van der Waals surface area contributed by atoms with Crippen molar-refractivity contribution in [1.29, 1.82) is 0 Å². The molecule has 0 bridgehead atoms. The van der Waals surface area contributed by atoms with Crippen LogP contribution in [-0.4, -0.2) is 31.3 Å². The lowest BCUT2D eigenvalue weighted by molar-refractivity contribution is 0.122. The standard InChI is InChI=1S/C18H16Cl2N4OS/c1-11-10-12(24-6-8-25-9-7-24)2-4-14(11)22-23-18-21-15-5-3-13(19)16(20)17(15)26-18/h2-5,10H,6-9H2,1H3. The summed E-state index contributed by atoms with van der Waals surface area (Å²) in [5.74, 6) is 0. The van der Waals surface area contributed by atoms with Crippen LogP contribution in [0.25, 0.3) is 10.2 Å². The monoisotopic (exact) mass is 406 g/mol. The number of thiazole rings is 1. The van der Waals surface area contributed by atoms with Gasteiger partial charge in [0.15, 0.2) is 0 Å². The molecule has 1 aliphatic rings. The Balaban J connectivity index is 1.57. The molecule has 1 aromatic heterocycles. The fraction of sp³-hybridized carbons (Fsp3) is 0.278. The highest BCUT2D eigenvalue weighted by molar-refractivity contribution is 7.22. The van der Waals surface area contributed by atoms with Gasteiger partial charge in [0.25, 0.3) is 0 Å². The molecule has 5 nitrogen and oxygen atoms in total. The molecule has 0 aliphatic carbocycles. The highest BCUT2D eigenvalue weighted by atomic mass is 35.5. The molecule has 134 valence electrons. The molecule has 1 fully saturated rings. The molecular weight excluding hydrogens is 391 g/mol. The number of aromatic nitrogens is 1. The van der Waals surface area contributed by atoms with Gasteiger partial charge < -0.3 is 9.64 Å². The summed E-state index contributed by atoms with van der Waals surface area (Å²) in [5, 5.41) is 10.2. The van der Waals surface area contributed by atoms with Crippen LogP contribution in [0.2, 0.25) is 10.0 Å². The Morgan fingerprint density at radius 1 is 1.12 bits per heavy atom. The van der Waals surface area contributed by atoms with Gasteiger partial charge in [0.1, 0.15) is 0 Å². The number of nitrogens with zero attached hydrogens (tertiary/aromatic N) is 4. The zero-order valence-corrected chi connectivity index (χ0v) is 16.4. The van der Waals surface area contributed by atoms with E-state index >= 15 is 0 Å². The maximum atomic E-state index is 6.23. The summed E-state index contributed by atoms with van der Waals surface area (Å²) >= 11 is 13.7. The topological polar surface area (TPSA) is 50.1 Å². The van der Waals surface area contributed by atoms with Crippen molar-refractivity contribution in [2.24, 2.45) is 10.2 Å². The van der Waals surface area contributed by atoms with E-state index in [1.165, 1.54) is 17.0 Å². The maximum Gasteiger partial charge on any atom is 0.231 e. The zero-order valence-electron chi connectivity index (χ0n) is 14.1. The van der Waals surface area contributed by atoms with Crippen molar-refractivity contribution in [2.45, 2.75) is 6.92 Å². The first-order valence-electron chi connectivity index (χ1n) is 8.21. The van der Waals surface area contributed by atoms with Crippen molar-refractivity contribution in [3.63, 3.8) is 0 Å². The summed E-state index contributed by atoms with van der Waals surface area (Å²) in [4.78, 5) is 6.76. The van der Waals surface area contributed by atoms with Crippen molar-refractivity contribution >= 4 is 61.3 Å². The summed E-state index contributed by atoms with van der Waals surface area (Å²) in [5.41, 5.74) is 3.86. The second-order valence-corrected chi connectivity index (χ2v) is 7.74. The Kier molecular flexibility index (Phi) is 5.09. The van der Waals surface area contributed by atoms with Crippen molar-refractivity contribution in [1.82, 2.24) is 4.98 Å². The van der Waals surface area contributed by atoms with Gasteiger partial charge in [-0.05, 0) is 42.8 Å². The van der Waals surface area contributed by atoms with E-state index in [4.69, 9.17) is 27.9 Å². The van der Waals surface area contributed by atoms with Gasteiger partial charge in [-0.15, -0.1) is 10.2 Å². The van der Waals surface area contributed by atoms with Crippen molar-refractivity contribution in [3.8, 4) is 0 Å². The molecule has 0 spiro atoms. The van der Waals surface area contributed by atoms with E-state index < -0.39 is 0 Å². The molecule has 26 heavy (non-hydrogen) atoms. The van der Waals surface area contributed by atoms with Gasteiger partial charge in [-0.3, -0.25) is 0 Å². The summed E-state index contributed by atoms with van der Waals surface area (Å²) in [7, 11) is 0. The normalized spacial score (nSPS) is 15.3. The first-order valence-corrected chi connectivity index (χ1v) is 9.79. The lowest BCUT2D eigenvalue weighted by atomic mass is 10.1. The van der Waals surface area contributed by atoms with E-state index in [9.17, 15) is 0 Å². The second-order valence-electron chi connectivity index (χ2n) is 5.98. The average Bonchev–Trinajstić information content (AvgIpc) is 3.08. The highest BCUT2D eigenvalue weighted by Crippen LogP contribution is 2.38. The molecule has 1 saturated heterocycles. The Morgan fingerprint density at radius 2 is 1.92 bits per heavy atom. The van der Waals surface area contributed by atoms with Gasteiger partial charge in [0.2, 0.25) is 5.13 Å². The fourth-order valence-corrected chi connectivity index (χ4v) is 4.15. The second kappa shape index (κ2) is 7.48. The molecular formula is C18H16Cl2N4OS. The van der Waals surface area contributed by atoms with Gasteiger partial charge >= 0.3 is 0 Å². The third-order valence-corrected chi connectivity index (χ3v) is 6.13.